The molecule has 1 amide bonds. The third kappa shape index (κ3) is 2.83. The van der Waals surface area contributed by atoms with Crippen LogP contribution in [0.5, 0.6) is 17.2 Å². The number of anilines is 1. The van der Waals surface area contributed by atoms with E-state index in [4.69, 9.17) is 14.2 Å². The van der Waals surface area contributed by atoms with Crippen LogP contribution >= 0.6 is 0 Å². The van der Waals surface area contributed by atoms with E-state index < -0.39 is 0 Å². The van der Waals surface area contributed by atoms with Crippen LogP contribution in [0.1, 0.15) is 19.3 Å². The summed E-state index contributed by atoms with van der Waals surface area (Å²) < 4.78 is 16.0. The summed E-state index contributed by atoms with van der Waals surface area (Å²) in [5, 5.41) is 6.35. The highest BCUT2D eigenvalue weighted by atomic mass is 16.5. The highest BCUT2D eigenvalue weighted by Gasteiger charge is 2.57. The smallest absolute Gasteiger partial charge is 0.228 e. The van der Waals surface area contributed by atoms with Gasteiger partial charge in [0.25, 0.3) is 0 Å². The van der Waals surface area contributed by atoms with Crippen molar-refractivity contribution in [1.29, 1.82) is 0 Å². The first-order chi connectivity index (χ1) is 11.1. The molecule has 0 bridgehead atoms. The molecule has 1 aromatic rings. The molecule has 1 heterocycles. The van der Waals surface area contributed by atoms with E-state index in [1.807, 2.05) is 0 Å². The number of ether oxygens (including phenoxy) is 3. The van der Waals surface area contributed by atoms with Crippen LogP contribution in [0.4, 0.5) is 5.69 Å². The average molecular weight is 320 g/mol. The maximum atomic E-state index is 12.6. The highest BCUT2D eigenvalue weighted by molar-refractivity contribution is 5.97. The van der Waals surface area contributed by atoms with Crippen LogP contribution in [0.2, 0.25) is 0 Å². The number of nitrogens with one attached hydrogen (secondary N) is 2. The molecule has 1 aliphatic carbocycles. The van der Waals surface area contributed by atoms with Gasteiger partial charge in [0.15, 0.2) is 11.5 Å². The SMILES string of the molecule is COc1ccc(NC(=O)C2CC23CCNCC3)c(OC)c1OC. The van der Waals surface area contributed by atoms with Gasteiger partial charge in [-0.1, -0.05) is 0 Å². The molecule has 6 nitrogen and oxygen atoms in total. The molecule has 2 fully saturated rings. The number of hydrogen-bond donors (Lipinski definition) is 2. The number of piperidine rings is 1. The lowest BCUT2D eigenvalue weighted by Gasteiger charge is -2.23. The summed E-state index contributed by atoms with van der Waals surface area (Å²) >= 11 is 0. The molecule has 1 unspecified atom stereocenters. The first-order valence-corrected chi connectivity index (χ1v) is 7.96. The van der Waals surface area contributed by atoms with Crippen molar-refractivity contribution in [3.63, 3.8) is 0 Å². The third-order valence-electron chi connectivity index (χ3n) is 5.07. The molecule has 1 atom stereocenters. The van der Waals surface area contributed by atoms with Gasteiger partial charge in [-0.3, -0.25) is 4.79 Å². The molecule has 23 heavy (non-hydrogen) atoms. The van der Waals surface area contributed by atoms with Gasteiger partial charge in [0, 0.05) is 5.92 Å². The Morgan fingerprint density at radius 2 is 1.83 bits per heavy atom. The average Bonchev–Trinajstić information content (AvgIpc) is 3.27. The van der Waals surface area contributed by atoms with Crippen molar-refractivity contribution in [1.82, 2.24) is 5.32 Å². The normalized spacial score (nSPS) is 21.6. The number of hydrogen-bond acceptors (Lipinski definition) is 5. The maximum Gasteiger partial charge on any atom is 0.228 e. The van der Waals surface area contributed by atoms with Gasteiger partial charge < -0.3 is 24.8 Å². The fraction of sp³-hybridized carbons (Fsp3) is 0.588. The standard InChI is InChI=1S/C17H24N2O4/c1-21-13-5-4-12(14(22-2)15(13)23-3)19-16(20)11-10-17(11)6-8-18-9-7-17/h4-5,11,18H,6-10H2,1-3H3,(H,19,20). The maximum absolute atomic E-state index is 12.6. The summed E-state index contributed by atoms with van der Waals surface area (Å²) in [6.45, 7) is 2.01. The van der Waals surface area contributed by atoms with Gasteiger partial charge in [-0.2, -0.15) is 0 Å². The van der Waals surface area contributed by atoms with Crippen molar-refractivity contribution in [2.45, 2.75) is 19.3 Å². The summed E-state index contributed by atoms with van der Waals surface area (Å²) in [5.74, 6) is 1.71. The molecule has 1 spiro atoms. The summed E-state index contributed by atoms with van der Waals surface area (Å²) in [4.78, 5) is 12.6. The van der Waals surface area contributed by atoms with Crippen molar-refractivity contribution in [2.24, 2.45) is 11.3 Å². The van der Waals surface area contributed by atoms with Gasteiger partial charge >= 0.3 is 0 Å². The summed E-state index contributed by atoms with van der Waals surface area (Å²) in [5.41, 5.74) is 0.824. The Kier molecular flexibility index (Phi) is 4.35. The van der Waals surface area contributed by atoms with E-state index in [0.29, 0.717) is 22.9 Å². The van der Waals surface area contributed by atoms with Crippen molar-refractivity contribution in [3.8, 4) is 17.2 Å². The molecule has 0 aromatic heterocycles. The zero-order chi connectivity index (χ0) is 16.4. The minimum atomic E-state index is 0.0671. The van der Waals surface area contributed by atoms with Gasteiger partial charge in [-0.05, 0) is 49.9 Å². The van der Waals surface area contributed by atoms with Gasteiger partial charge in [0.2, 0.25) is 11.7 Å². The Balaban J connectivity index is 1.76. The zero-order valence-electron chi connectivity index (χ0n) is 13.9. The minimum Gasteiger partial charge on any atom is -0.493 e. The predicted octanol–water partition coefficient (Wildman–Crippen LogP) is 2.04. The van der Waals surface area contributed by atoms with Crippen molar-refractivity contribution >= 4 is 11.6 Å². The molecular formula is C17H24N2O4. The second-order valence-corrected chi connectivity index (χ2v) is 6.24. The molecule has 2 N–H and O–H groups in total. The summed E-state index contributed by atoms with van der Waals surface area (Å²) in [7, 11) is 4.68. The molecule has 1 aromatic carbocycles. The van der Waals surface area contributed by atoms with Crippen LogP contribution in [0.25, 0.3) is 0 Å². The molecule has 1 saturated heterocycles. The minimum absolute atomic E-state index is 0.0671. The van der Waals surface area contributed by atoms with Crippen LogP contribution < -0.4 is 24.8 Å². The van der Waals surface area contributed by atoms with E-state index in [9.17, 15) is 4.79 Å². The van der Waals surface area contributed by atoms with E-state index in [1.165, 1.54) is 0 Å². The summed E-state index contributed by atoms with van der Waals surface area (Å²) in [6.07, 6.45) is 3.14. The van der Waals surface area contributed by atoms with Gasteiger partial charge in [0.1, 0.15) is 0 Å². The second-order valence-electron chi connectivity index (χ2n) is 6.24. The fourth-order valence-corrected chi connectivity index (χ4v) is 3.62. The number of amides is 1. The lowest BCUT2D eigenvalue weighted by molar-refractivity contribution is -0.118. The quantitative estimate of drug-likeness (QED) is 0.869. The third-order valence-corrected chi connectivity index (χ3v) is 5.07. The van der Waals surface area contributed by atoms with Crippen molar-refractivity contribution in [3.05, 3.63) is 12.1 Å². The molecule has 2 aliphatic rings. The first kappa shape index (κ1) is 15.9. The van der Waals surface area contributed by atoms with E-state index >= 15 is 0 Å². The van der Waals surface area contributed by atoms with Gasteiger partial charge in [-0.15, -0.1) is 0 Å². The Bertz CT molecular complexity index is 597. The van der Waals surface area contributed by atoms with Gasteiger partial charge in [0.05, 0.1) is 27.0 Å². The van der Waals surface area contributed by atoms with Crippen LogP contribution in [0.3, 0.4) is 0 Å². The highest BCUT2D eigenvalue weighted by Crippen LogP contribution is 2.59. The lowest BCUT2D eigenvalue weighted by atomic mass is 9.92. The molecule has 6 heteroatoms. The Labute approximate surface area is 136 Å². The molecule has 1 aliphatic heterocycles. The molecule has 3 rings (SSSR count). The van der Waals surface area contributed by atoms with Crippen LogP contribution in [-0.2, 0) is 4.79 Å². The van der Waals surface area contributed by atoms with E-state index in [2.05, 4.69) is 10.6 Å². The molecule has 0 radical (unpaired) electrons. The van der Waals surface area contributed by atoms with Gasteiger partial charge in [-0.25, -0.2) is 0 Å². The first-order valence-electron chi connectivity index (χ1n) is 7.96. The number of methoxy groups -OCH3 is 3. The van der Waals surface area contributed by atoms with E-state index in [1.54, 1.807) is 33.5 Å². The molecular weight excluding hydrogens is 296 g/mol. The number of benzene rings is 1. The van der Waals surface area contributed by atoms with Crippen LogP contribution in [0, 0.1) is 11.3 Å². The number of carbonyl (C=O) groups is 1. The zero-order valence-corrected chi connectivity index (χ0v) is 13.9. The molecule has 1 saturated carbocycles. The van der Waals surface area contributed by atoms with Crippen molar-refractivity contribution < 1.29 is 19.0 Å². The monoisotopic (exact) mass is 320 g/mol. The predicted molar refractivity (Wildman–Crippen MR) is 87.4 cm³/mol. The van der Waals surface area contributed by atoms with Crippen LogP contribution in [0.15, 0.2) is 12.1 Å². The fourth-order valence-electron chi connectivity index (χ4n) is 3.62. The Hall–Kier alpha value is -1.95. The topological polar surface area (TPSA) is 68.8 Å². The van der Waals surface area contributed by atoms with Crippen molar-refractivity contribution in [2.75, 3.05) is 39.7 Å². The van der Waals surface area contributed by atoms with Crippen LogP contribution in [-0.4, -0.2) is 40.3 Å². The Morgan fingerprint density at radius 3 is 2.43 bits per heavy atom. The number of rotatable bonds is 5. The lowest BCUT2D eigenvalue weighted by Crippen LogP contribution is -2.31. The second kappa shape index (κ2) is 6.28. The van der Waals surface area contributed by atoms with E-state index in [-0.39, 0.29) is 17.2 Å². The summed E-state index contributed by atoms with van der Waals surface area (Å²) in [6, 6.07) is 3.56. The van der Waals surface area contributed by atoms with E-state index in [0.717, 1.165) is 32.4 Å². The number of carbonyl (C=O) groups excluding carboxylic acids is 1. The largest absolute Gasteiger partial charge is 0.493 e. The molecule has 126 valence electrons. The Morgan fingerprint density at radius 1 is 1.13 bits per heavy atom.